The molecule has 3 N–H and O–H groups in total. The van der Waals surface area contributed by atoms with Crippen LogP contribution in [-0.2, 0) is 29.0 Å². The molecule has 2 aromatic heterocycles. The maximum Gasteiger partial charge on any atom is 0.230 e. The molecule has 164 valence electrons. The van der Waals surface area contributed by atoms with Crippen LogP contribution in [0.4, 0.5) is 10.2 Å². The second-order valence-electron chi connectivity index (χ2n) is 7.15. The van der Waals surface area contributed by atoms with Crippen molar-refractivity contribution < 1.29 is 18.7 Å². The Bertz CT molecular complexity index is 1270. The lowest BCUT2D eigenvalue weighted by Crippen LogP contribution is -2.24. The summed E-state index contributed by atoms with van der Waals surface area (Å²) in [5, 5.41) is 13.4. The number of methoxy groups -OCH3 is 1. The molecular weight excluding hydrogens is 431 g/mol. The highest BCUT2D eigenvalue weighted by Crippen LogP contribution is 2.30. The predicted molar refractivity (Wildman–Crippen MR) is 121 cm³/mol. The van der Waals surface area contributed by atoms with Crippen LogP contribution in [0.5, 0.6) is 5.75 Å². The standard InChI is InChI=1S/C23H21FN4O3S/c1-31-19-8-3-2-6-15(19)10-21(30)26-22-18-11-17(32-23(18)28-27-22)12-20(29)25-13-14-5-4-7-16(24)9-14/h2-9,11H,10,12-13H2,1H3,(H,25,29)(H2,26,27,28,30). The summed E-state index contributed by atoms with van der Waals surface area (Å²) in [4.78, 5) is 26.3. The number of H-pyrrole nitrogens is 1. The lowest BCUT2D eigenvalue weighted by Gasteiger charge is -2.08. The monoisotopic (exact) mass is 452 g/mol. The predicted octanol–water partition coefficient (Wildman–Crippen LogP) is 3.81. The normalized spacial score (nSPS) is 10.8. The van der Waals surface area contributed by atoms with Crippen molar-refractivity contribution in [3.63, 3.8) is 0 Å². The van der Waals surface area contributed by atoms with Crippen LogP contribution in [0, 0.1) is 5.82 Å². The van der Waals surface area contributed by atoms with E-state index in [4.69, 9.17) is 4.74 Å². The molecule has 7 nitrogen and oxygen atoms in total. The maximum atomic E-state index is 13.3. The summed E-state index contributed by atoms with van der Waals surface area (Å²) in [6.07, 6.45) is 0.328. The van der Waals surface area contributed by atoms with Crippen LogP contribution in [-0.4, -0.2) is 29.1 Å². The summed E-state index contributed by atoms with van der Waals surface area (Å²) in [5.74, 6) is 0.419. The van der Waals surface area contributed by atoms with Gasteiger partial charge in [0.25, 0.3) is 0 Å². The Morgan fingerprint density at radius 2 is 1.94 bits per heavy atom. The molecule has 0 aliphatic carbocycles. The van der Waals surface area contributed by atoms with E-state index in [9.17, 15) is 14.0 Å². The average molecular weight is 453 g/mol. The van der Waals surface area contributed by atoms with Crippen molar-refractivity contribution in [2.45, 2.75) is 19.4 Å². The minimum absolute atomic E-state index is 0.157. The number of carbonyl (C=O) groups excluding carboxylic acids is 2. The fraction of sp³-hybridized carbons (Fsp3) is 0.174. The van der Waals surface area contributed by atoms with E-state index >= 15 is 0 Å². The molecule has 0 aliphatic heterocycles. The van der Waals surface area contributed by atoms with Crippen LogP contribution in [0.15, 0.2) is 54.6 Å². The van der Waals surface area contributed by atoms with E-state index in [0.29, 0.717) is 22.0 Å². The number of aromatic nitrogens is 2. The Hall–Kier alpha value is -3.72. The van der Waals surface area contributed by atoms with Gasteiger partial charge in [-0.1, -0.05) is 30.3 Å². The van der Waals surface area contributed by atoms with E-state index in [2.05, 4.69) is 20.8 Å². The number of para-hydroxylation sites is 1. The Kier molecular flexibility index (Phi) is 6.46. The molecule has 0 saturated heterocycles. The van der Waals surface area contributed by atoms with Crippen LogP contribution < -0.4 is 15.4 Å². The van der Waals surface area contributed by atoms with E-state index in [1.165, 1.54) is 23.5 Å². The highest BCUT2D eigenvalue weighted by Gasteiger charge is 2.15. The highest BCUT2D eigenvalue weighted by molar-refractivity contribution is 7.18. The second-order valence-corrected chi connectivity index (χ2v) is 8.27. The zero-order valence-corrected chi connectivity index (χ0v) is 18.1. The third-order valence-electron chi connectivity index (χ3n) is 4.82. The first-order chi connectivity index (χ1) is 15.5. The minimum atomic E-state index is -0.337. The molecule has 9 heteroatoms. The maximum absolute atomic E-state index is 13.3. The fourth-order valence-electron chi connectivity index (χ4n) is 3.32. The van der Waals surface area contributed by atoms with Gasteiger partial charge >= 0.3 is 0 Å². The first kappa shape index (κ1) is 21.5. The third kappa shape index (κ3) is 5.12. The molecule has 0 fully saturated rings. The van der Waals surface area contributed by atoms with Gasteiger partial charge in [-0.15, -0.1) is 11.3 Å². The summed E-state index contributed by atoms with van der Waals surface area (Å²) in [7, 11) is 1.57. The van der Waals surface area contributed by atoms with Crippen molar-refractivity contribution >= 4 is 39.2 Å². The van der Waals surface area contributed by atoms with Crippen molar-refractivity contribution in [1.82, 2.24) is 15.5 Å². The Labute approximate surface area is 187 Å². The van der Waals surface area contributed by atoms with Crippen LogP contribution in [0.1, 0.15) is 16.0 Å². The smallest absolute Gasteiger partial charge is 0.230 e. The zero-order chi connectivity index (χ0) is 22.5. The number of halogens is 1. The SMILES string of the molecule is COc1ccccc1CC(=O)Nc1[nH]nc2sc(CC(=O)NCc3cccc(F)c3)cc12. The number of thiophene rings is 1. The molecule has 4 aromatic rings. The molecule has 0 radical (unpaired) electrons. The van der Waals surface area contributed by atoms with Gasteiger partial charge in [0.15, 0.2) is 0 Å². The molecule has 2 aromatic carbocycles. The number of nitrogens with one attached hydrogen (secondary N) is 3. The molecule has 0 unspecified atom stereocenters. The fourth-order valence-corrected chi connectivity index (χ4v) is 4.31. The van der Waals surface area contributed by atoms with Gasteiger partial charge in [0.2, 0.25) is 11.8 Å². The summed E-state index contributed by atoms with van der Waals surface area (Å²) in [6.45, 7) is 0.254. The zero-order valence-electron chi connectivity index (χ0n) is 17.3. The Morgan fingerprint density at radius 3 is 2.75 bits per heavy atom. The average Bonchev–Trinajstić information content (AvgIpc) is 3.34. The number of benzene rings is 2. The number of ether oxygens (including phenoxy) is 1. The van der Waals surface area contributed by atoms with Crippen molar-refractivity contribution in [2.24, 2.45) is 0 Å². The Balaban J connectivity index is 1.37. The molecule has 0 atom stereocenters. The van der Waals surface area contributed by atoms with Crippen LogP contribution >= 0.6 is 11.3 Å². The molecule has 2 heterocycles. The number of fused-ring (bicyclic) bond motifs is 1. The van der Waals surface area contributed by atoms with Crippen LogP contribution in [0.2, 0.25) is 0 Å². The van der Waals surface area contributed by atoms with Gasteiger partial charge in [0.1, 0.15) is 22.2 Å². The lowest BCUT2D eigenvalue weighted by atomic mass is 10.1. The number of aromatic amines is 1. The van der Waals surface area contributed by atoms with Gasteiger partial charge in [0, 0.05) is 17.0 Å². The first-order valence-electron chi connectivity index (χ1n) is 9.91. The van der Waals surface area contributed by atoms with E-state index < -0.39 is 0 Å². The number of rotatable bonds is 8. The summed E-state index contributed by atoms with van der Waals surface area (Å²) in [5.41, 5.74) is 1.48. The van der Waals surface area contributed by atoms with Gasteiger partial charge in [-0.05, 0) is 29.8 Å². The summed E-state index contributed by atoms with van der Waals surface area (Å²) in [6, 6.07) is 15.3. The quantitative estimate of drug-likeness (QED) is 0.379. The topological polar surface area (TPSA) is 96.1 Å². The van der Waals surface area contributed by atoms with Crippen LogP contribution in [0.25, 0.3) is 10.2 Å². The van der Waals surface area contributed by atoms with Crippen molar-refractivity contribution in [3.05, 3.63) is 76.4 Å². The minimum Gasteiger partial charge on any atom is -0.496 e. The second kappa shape index (κ2) is 9.61. The largest absolute Gasteiger partial charge is 0.496 e. The van der Waals surface area contributed by atoms with E-state index in [-0.39, 0.29) is 37.0 Å². The molecule has 0 bridgehead atoms. The Morgan fingerprint density at radius 1 is 1.09 bits per heavy atom. The van der Waals surface area contributed by atoms with Gasteiger partial charge in [-0.2, -0.15) is 5.10 Å². The van der Waals surface area contributed by atoms with E-state index in [0.717, 1.165) is 15.8 Å². The van der Waals surface area contributed by atoms with E-state index in [1.54, 1.807) is 19.2 Å². The summed E-state index contributed by atoms with van der Waals surface area (Å²) < 4.78 is 18.5. The third-order valence-corrected chi connectivity index (χ3v) is 5.85. The van der Waals surface area contributed by atoms with Crippen molar-refractivity contribution in [1.29, 1.82) is 0 Å². The molecule has 32 heavy (non-hydrogen) atoms. The number of carbonyl (C=O) groups is 2. The number of amides is 2. The van der Waals surface area contributed by atoms with Gasteiger partial charge < -0.3 is 15.4 Å². The number of nitrogens with zero attached hydrogens (tertiary/aromatic N) is 1. The number of hydrogen-bond donors (Lipinski definition) is 3. The summed E-state index contributed by atoms with van der Waals surface area (Å²) >= 11 is 1.37. The van der Waals surface area contributed by atoms with Crippen LogP contribution in [0.3, 0.4) is 0 Å². The van der Waals surface area contributed by atoms with Gasteiger partial charge in [-0.25, -0.2) is 4.39 Å². The van der Waals surface area contributed by atoms with Gasteiger partial charge in [0.05, 0.1) is 25.3 Å². The number of hydrogen-bond acceptors (Lipinski definition) is 5. The molecule has 0 spiro atoms. The molecule has 0 saturated carbocycles. The highest BCUT2D eigenvalue weighted by atomic mass is 32.1. The first-order valence-corrected chi connectivity index (χ1v) is 10.7. The van der Waals surface area contributed by atoms with Crippen molar-refractivity contribution in [2.75, 3.05) is 12.4 Å². The molecule has 0 aliphatic rings. The van der Waals surface area contributed by atoms with Crippen molar-refractivity contribution in [3.8, 4) is 5.75 Å². The van der Waals surface area contributed by atoms with Gasteiger partial charge in [-0.3, -0.25) is 14.7 Å². The molecular formula is C23H21FN4O3S. The lowest BCUT2D eigenvalue weighted by molar-refractivity contribution is -0.120. The van der Waals surface area contributed by atoms with E-state index in [1.807, 2.05) is 30.3 Å². The molecule has 4 rings (SSSR count). The number of anilines is 1. The molecule has 2 amide bonds.